The number of nitrogens with zero attached hydrogens (tertiary/aromatic N) is 2. The van der Waals surface area contributed by atoms with Gasteiger partial charge in [-0.15, -0.1) is 0 Å². The van der Waals surface area contributed by atoms with Crippen LogP contribution < -0.4 is 5.32 Å². The minimum Gasteiger partial charge on any atom is -0.491 e. The first-order valence-electron chi connectivity index (χ1n) is 10.6. The Morgan fingerprint density at radius 3 is 2.50 bits per heavy atom. The third-order valence-corrected chi connectivity index (χ3v) is 5.10. The van der Waals surface area contributed by atoms with E-state index in [-0.39, 0.29) is 12.0 Å². The van der Waals surface area contributed by atoms with E-state index in [0.717, 1.165) is 12.1 Å². The van der Waals surface area contributed by atoms with E-state index in [9.17, 15) is 13.6 Å². The molecule has 0 fully saturated rings. The van der Waals surface area contributed by atoms with Crippen LogP contribution in [0.4, 0.5) is 13.6 Å². The Bertz CT molecular complexity index is 1030. The van der Waals surface area contributed by atoms with E-state index in [2.05, 4.69) is 17.0 Å². The van der Waals surface area contributed by atoms with Crippen LogP contribution in [0.2, 0.25) is 0 Å². The van der Waals surface area contributed by atoms with Gasteiger partial charge in [-0.1, -0.05) is 27.4 Å². The van der Waals surface area contributed by atoms with E-state index in [1.54, 1.807) is 0 Å². The summed E-state index contributed by atoms with van der Waals surface area (Å²) in [6.07, 6.45) is 0.471. The summed E-state index contributed by atoms with van der Waals surface area (Å²) in [6.45, 7) is 16.4. The van der Waals surface area contributed by atoms with E-state index in [1.165, 1.54) is 10.7 Å². The van der Waals surface area contributed by atoms with Gasteiger partial charge in [0.25, 0.3) is 0 Å². The van der Waals surface area contributed by atoms with E-state index < -0.39 is 29.3 Å². The molecule has 3 rings (SSSR count). The number of aromatic nitrogens is 2. The number of rotatable bonds is 4. The molecule has 0 bridgehead atoms. The highest BCUT2D eigenvalue weighted by molar-refractivity contribution is 5.80. The van der Waals surface area contributed by atoms with Gasteiger partial charge < -0.3 is 14.8 Å². The summed E-state index contributed by atoms with van der Waals surface area (Å²) in [5.41, 5.74) is 1.30. The Morgan fingerprint density at radius 2 is 1.91 bits per heavy atom. The maximum absolute atomic E-state index is 13.8. The molecule has 1 N–H and O–H groups in total. The zero-order chi connectivity index (χ0) is 23.8. The summed E-state index contributed by atoms with van der Waals surface area (Å²) in [5, 5.41) is 7.46. The van der Waals surface area contributed by atoms with Crippen molar-refractivity contribution in [3.63, 3.8) is 0 Å². The smallest absolute Gasteiger partial charge is 0.342 e. The van der Waals surface area contributed by atoms with Crippen molar-refractivity contribution in [1.82, 2.24) is 15.1 Å². The molecular weight excluding hydrogens is 416 g/mol. The molecular formula is C24H31F2N3O3. The topological polar surface area (TPSA) is 65.4 Å². The number of benzene rings is 1. The number of carbonyl (C=O) groups excluding carboxylic acids is 1. The molecule has 6 nitrogen and oxygen atoms in total. The van der Waals surface area contributed by atoms with Crippen LogP contribution in [0.25, 0.3) is 11.3 Å². The van der Waals surface area contributed by atoms with Crippen LogP contribution in [-0.2, 0) is 22.5 Å². The number of carbonyl (C=O) groups is 1. The maximum Gasteiger partial charge on any atom is 0.342 e. The number of amides is 1. The summed E-state index contributed by atoms with van der Waals surface area (Å²) in [6, 6.07) is 2.63. The maximum atomic E-state index is 13.8. The van der Waals surface area contributed by atoms with Crippen LogP contribution in [0, 0.1) is 17.0 Å². The Hall–Kier alpha value is -2.74. The first-order chi connectivity index (χ1) is 14.8. The fraction of sp³-hybridized carbons (Fsp3) is 0.500. The fourth-order valence-corrected chi connectivity index (χ4v) is 3.70. The van der Waals surface area contributed by atoms with E-state index in [4.69, 9.17) is 9.47 Å². The molecule has 32 heavy (non-hydrogen) atoms. The highest BCUT2D eigenvalue weighted by Gasteiger charge is 2.34. The Labute approximate surface area is 187 Å². The molecule has 0 radical (unpaired) electrons. The molecule has 1 aliphatic heterocycles. The van der Waals surface area contributed by atoms with Crippen molar-refractivity contribution in [3.8, 4) is 11.3 Å². The Balaban J connectivity index is 1.97. The van der Waals surface area contributed by atoms with Crippen LogP contribution in [-0.4, -0.2) is 34.1 Å². The largest absolute Gasteiger partial charge is 0.491 e. The van der Waals surface area contributed by atoms with Crippen LogP contribution in [0.3, 0.4) is 0 Å². The zero-order valence-corrected chi connectivity index (χ0v) is 19.5. The first-order valence-corrected chi connectivity index (χ1v) is 10.6. The minimum absolute atomic E-state index is 0.236. The van der Waals surface area contributed by atoms with Crippen molar-refractivity contribution in [1.29, 1.82) is 0 Å². The molecule has 1 amide bonds. The van der Waals surface area contributed by atoms with E-state index in [1.807, 2.05) is 41.5 Å². The molecule has 2 aromatic rings. The molecule has 0 saturated carbocycles. The Kier molecular flexibility index (Phi) is 6.47. The summed E-state index contributed by atoms with van der Waals surface area (Å²) in [7, 11) is 0. The van der Waals surface area contributed by atoms with Crippen LogP contribution in [0.15, 0.2) is 30.5 Å². The van der Waals surface area contributed by atoms with Crippen LogP contribution >= 0.6 is 0 Å². The average Bonchev–Trinajstić information content (AvgIpc) is 3.05. The zero-order valence-electron chi connectivity index (χ0n) is 19.5. The molecule has 0 aliphatic carbocycles. The lowest BCUT2D eigenvalue weighted by Gasteiger charge is -2.35. The van der Waals surface area contributed by atoms with Crippen molar-refractivity contribution >= 4 is 6.03 Å². The summed E-state index contributed by atoms with van der Waals surface area (Å²) < 4.78 is 40.0. The lowest BCUT2D eigenvalue weighted by Crippen LogP contribution is -2.48. The predicted octanol–water partition coefficient (Wildman–Crippen LogP) is 5.20. The standard InChI is InChI=1S/C24H31F2N3O3/c1-14(32-24(5,6)7)21(23(2,3)4)27-22(30)29-19-10-11-31-13-16(19)20(28-29)15-8-9-17(25)18(26)12-15/h8-9,12,21H,1,10-11,13H2,2-7H3,(H,27,30). The lowest BCUT2D eigenvalue weighted by molar-refractivity contribution is 0.0286. The van der Waals surface area contributed by atoms with Gasteiger partial charge in [-0.3, -0.25) is 0 Å². The molecule has 174 valence electrons. The quantitative estimate of drug-likeness (QED) is 0.654. The molecule has 1 unspecified atom stereocenters. The second-order valence-corrected chi connectivity index (χ2v) is 10.0. The molecule has 8 heteroatoms. The van der Waals surface area contributed by atoms with E-state index in [0.29, 0.717) is 41.3 Å². The average molecular weight is 448 g/mol. The highest BCUT2D eigenvalue weighted by atomic mass is 19.2. The summed E-state index contributed by atoms with van der Waals surface area (Å²) in [5.74, 6) is -1.47. The monoisotopic (exact) mass is 447 g/mol. The number of hydrogen-bond donors (Lipinski definition) is 1. The minimum atomic E-state index is -0.976. The normalized spacial score (nSPS) is 15.1. The van der Waals surface area contributed by atoms with Gasteiger partial charge in [-0.05, 0) is 44.4 Å². The SMILES string of the molecule is C=C(OC(C)(C)C)C(NC(=O)n1nc(-c2ccc(F)c(F)c2)c2c1CCOC2)C(C)(C)C. The summed E-state index contributed by atoms with van der Waals surface area (Å²) >= 11 is 0. The third kappa shape index (κ3) is 5.18. The highest BCUT2D eigenvalue weighted by Crippen LogP contribution is 2.31. The van der Waals surface area contributed by atoms with Crippen molar-refractivity contribution < 1.29 is 23.0 Å². The fourth-order valence-electron chi connectivity index (χ4n) is 3.70. The predicted molar refractivity (Wildman–Crippen MR) is 118 cm³/mol. The second kappa shape index (κ2) is 8.65. The number of fused-ring (bicyclic) bond motifs is 1. The van der Waals surface area contributed by atoms with Gasteiger partial charge in [0.2, 0.25) is 0 Å². The van der Waals surface area contributed by atoms with Gasteiger partial charge in [0.15, 0.2) is 11.6 Å². The van der Waals surface area contributed by atoms with Gasteiger partial charge in [-0.2, -0.15) is 9.78 Å². The number of nitrogens with one attached hydrogen (secondary N) is 1. The molecule has 1 aromatic carbocycles. The molecule has 1 atom stereocenters. The van der Waals surface area contributed by atoms with Gasteiger partial charge in [-0.25, -0.2) is 13.6 Å². The van der Waals surface area contributed by atoms with Gasteiger partial charge in [0.1, 0.15) is 11.4 Å². The molecule has 1 aliphatic rings. The van der Waals surface area contributed by atoms with E-state index >= 15 is 0 Å². The van der Waals surface area contributed by atoms with Gasteiger partial charge in [0.05, 0.1) is 30.6 Å². The number of hydrogen-bond acceptors (Lipinski definition) is 4. The lowest BCUT2D eigenvalue weighted by atomic mass is 9.85. The van der Waals surface area contributed by atoms with Gasteiger partial charge in [0, 0.05) is 17.5 Å². The number of halogens is 2. The second-order valence-electron chi connectivity index (χ2n) is 10.0. The number of ether oxygens (including phenoxy) is 2. The molecule has 0 saturated heterocycles. The van der Waals surface area contributed by atoms with Crippen molar-refractivity contribution in [3.05, 3.63) is 53.4 Å². The summed E-state index contributed by atoms with van der Waals surface area (Å²) in [4.78, 5) is 13.3. The van der Waals surface area contributed by atoms with Crippen molar-refractivity contribution in [2.75, 3.05) is 6.61 Å². The molecule has 2 heterocycles. The molecule has 1 aromatic heterocycles. The van der Waals surface area contributed by atoms with Crippen molar-refractivity contribution in [2.24, 2.45) is 5.41 Å². The third-order valence-electron chi connectivity index (χ3n) is 5.10. The Morgan fingerprint density at radius 1 is 1.22 bits per heavy atom. The molecule has 0 spiro atoms. The van der Waals surface area contributed by atoms with Crippen molar-refractivity contribution in [2.45, 2.75) is 66.2 Å². The first kappa shape index (κ1) is 23.9. The van der Waals surface area contributed by atoms with Crippen LogP contribution in [0.1, 0.15) is 52.8 Å². The van der Waals surface area contributed by atoms with Gasteiger partial charge >= 0.3 is 6.03 Å². The van der Waals surface area contributed by atoms with Crippen LogP contribution in [0.5, 0.6) is 0 Å².